The van der Waals surface area contributed by atoms with Crippen molar-refractivity contribution in [2.24, 2.45) is 11.1 Å². The molecule has 0 spiro atoms. The van der Waals surface area contributed by atoms with Crippen molar-refractivity contribution in [3.05, 3.63) is 59.5 Å². The third-order valence-corrected chi connectivity index (χ3v) is 6.17. The number of H-pyrrole nitrogens is 1. The first kappa shape index (κ1) is 20.1. The molecule has 1 unspecified atom stereocenters. The van der Waals surface area contributed by atoms with Crippen molar-refractivity contribution >= 4 is 11.0 Å². The number of nitrogens with zero attached hydrogens (tertiary/aromatic N) is 3. The van der Waals surface area contributed by atoms with Crippen molar-refractivity contribution in [2.45, 2.75) is 50.4 Å². The maximum Gasteiger partial charge on any atom is 0.203 e. The van der Waals surface area contributed by atoms with Crippen LogP contribution in [0, 0.1) is 17.6 Å². The van der Waals surface area contributed by atoms with Gasteiger partial charge in [-0.25, -0.2) is 13.8 Å². The Hall–Kier alpha value is -2.82. The van der Waals surface area contributed by atoms with Gasteiger partial charge in [0.05, 0.1) is 30.0 Å². The lowest BCUT2D eigenvalue weighted by molar-refractivity contribution is -0.165. The lowest BCUT2D eigenvalue weighted by Crippen LogP contribution is -2.29. The standard InChI is InChI=1S/C21H22F2N4O4/c1-21(2)30-17-12(16(28)10-3-4-13(22)14(23)7-10)8-15(18(17)31-21)27-6-5-11-19(26-29)24-9-25-20(11)27/h3-7,9,12,15-18,28-29H,8H2,1-2H3,(H,24,25,26)/t12-,15-,16?,17-,18+/m1/s1. The Morgan fingerprint density at radius 1 is 1.23 bits per heavy atom. The number of aliphatic hydroxyl groups excluding tert-OH is 1. The second kappa shape index (κ2) is 7.11. The van der Waals surface area contributed by atoms with Crippen molar-refractivity contribution in [1.82, 2.24) is 14.5 Å². The van der Waals surface area contributed by atoms with Crippen LogP contribution in [0.4, 0.5) is 8.78 Å². The predicted molar refractivity (Wildman–Crippen MR) is 104 cm³/mol. The van der Waals surface area contributed by atoms with Crippen molar-refractivity contribution in [2.75, 3.05) is 0 Å². The highest BCUT2D eigenvalue weighted by Gasteiger charge is 2.56. The van der Waals surface area contributed by atoms with Crippen LogP contribution in [-0.4, -0.2) is 42.8 Å². The molecule has 1 saturated carbocycles. The SMILES string of the molecule is CC1(C)O[C@@H]2[C@H](O1)[C@@H](C(O)c1ccc(F)c(F)c1)C[C@H]2n1ccc2c(=NO)nc[nH]c21. The van der Waals surface area contributed by atoms with E-state index in [4.69, 9.17) is 9.47 Å². The summed E-state index contributed by atoms with van der Waals surface area (Å²) in [6.45, 7) is 3.60. The van der Waals surface area contributed by atoms with Gasteiger partial charge in [0.1, 0.15) is 11.8 Å². The van der Waals surface area contributed by atoms with E-state index in [1.807, 2.05) is 10.8 Å². The molecule has 3 N–H and O–H groups in total. The molecule has 8 nitrogen and oxygen atoms in total. The van der Waals surface area contributed by atoms with Crippen LogP contribution in [0.25, 0.3) is 11.0 Å². The Kier molecular flexibility index (Phi) is 4.61. The molecule has 0 bridgehead atoms. The van der Waals surface area contributed by atoms with Gasteiger partial charge in [-0.1, -0.05) is 11.2 Å². The van der Waals surface area contributed by atoms with Gasteiger partial charge in [0.25, 0.3) is 0 Å². The highest BCUT2D eigenvalue weighted by atomic mass is 19.2. The summed E-state index contributed by atoms with van der Waals surface area (Å²) in [5, 5.41) is 24.1. The smallest absolute Gasteiger partial charge is 0.203 e. The summed E-state index contributed by atoms with van der Waals surface area (Å²) < 4.78 is 41.4. The molecule has 3 heterocycles. The van der Waals surface area contributed by atoms with Crippen LogP contribution in [0.5, 0.6) is 0 Å². The fourth-order valence-corrected chi connectivity index (χ4v) is 4.88. The Labute approximate surface area is 175 Å². The average molecular weight is 432 g/mol. The summed E-state index contributed by atoms with van der Waals surface area (Å²) in [6.07, 6.45) is 1.83. The summed E-state index contributed by atoms with van der Waals surface area (Å²) >= 11 is 0. The molecule has 1 aromatic carbocycles. The number of aromatic amines is 1. The molecule has 31 heavy (non-hydrogen) atoms. The third kappa shape index (κ3) is 3.22. The normalized spacial score (nSPS) is 28.9. The van der Waals surface area contributed by atoms with Gasteiger partial charge in [-0.15, -0.1) is 0 Å². The molecule has 5 rings (SSSR count). The van der Waals surface area contributed by atoms with Crippen LogP contribution in [0.2, 0.25) is 0 Å². The topological polar surface area (TPSA) is 105 Å². The van der Waals surface area contributed by atoms with Gasteiger partial charge in [-0.2, -0.15) is 0 Å². The minimum atomic E-state index is -1.07. The Balaban J connectivity index is 1.55. The maximum atomic E-state index is 13.8. The first-order chi connectivity index (χ1) is 14.8. The summed E-state index contributed by atoms with van der Waals surface area (Å²) in [7, 11) is 0. The molecular weight excluding hydrogens is 410 g/mol. The predicted octanol–water partition coefficient (Wildman–Crippen LogP) is 2.75. The van der Waals surface area contributed by atoms with Crippen LogP contribution in [0.3, 0.4) is 0 Å². The molecule has 2 aliphatic rings. The first-order valence-corrected chi connectivity index (χ1v) is 10.00. The fourth-order valence-electron chi connectivity index (χ4n) is 4.88. The number of nitrogens with one attached hydrogen (secondary N) is 1. The van der Waals surface area contributed by atoms with E-state index < -0.39 is 35.5 Å². The Morgan fingerprint density at radius 3 is 2.74 bits per heavy atom. The van der Waals surface area contributed by atoms with E-state index in [1.165, 1.54) is 12.4 Å². The number of fused-ring (bicyclic) bond motifs is 2. The van der Waals surface area contributed by atoms with Gasteiger partial charge in [0.15, 0.2) is 17.4 Å². The number of aliphatic hydroxyl groups is 1. The molecule has 5 atom stereocenters. The molecule has 3 aromatic rings. The molecular formula is C21H22F2N4O4. The quantitative estimate of drug-likeness (QED) is 0.436. The highest BCUT2D eigenvalue weighted by molar-refractivity contribution is 5.74. The third-order valence-electron chi connectivity index (χ3n) is 6.17. The van der Waals surface area contributed by atoms with Crippen LogP contribution < -0.4 is 5.49 Å². The van der Waals surface area contributed by atoms with E-state index in [2.05, 4.69) is 15.1 Å². The molecule has 0 amide bonds. The summed E-state index contributed by atoms with van der Waals surface area (Å²) in [6, 6.07) is 4.96. The van der Waals surface area contributed by atoms with E-state index in [0.29, 0.717) is 17.5 Å². The number of rotatable bonds is 3. The van der Waals surface area contributed by atoms with E-state index in [9.17, 15) is 19.1 Å². The molecule has 10 heteroatoms. The van der Waals surface area contributed by atoms with Crippen molar-refractivity contribution in [3.8, 4) is 0 Å². The van der Waals surface area contributed by atoms with Crippen LogP contribution in [-0.2, 0) is 9.47 Å². The van der Waals surface area contributed by atoms with E-state index in [-0.39, 0.29) is 23.2 Å². The van der Waals surface area contributed by atoms with Crippen molar-refractivity contribution < 1.29 is 28.6 Å². The van der Waals surface area contributed by atoms with Crippen LogP contribution in [0.1, 0.15) is 38.0 Å². The van der Waals surface area contributed by atoms with Crippen LogP contribution in [0.15, 0.2) is 41.9 Å². The Bertz CT molecular complexity index is 1210. The highest BCUT2D eigenvalue weighted by Crippen LogP contribution is 2.51. The molecule has 1 saturated heterocycles. The minimum Gasteiger partial charge on any atom is -0.409 e. The number of benzene rings is 1. The molecule has 1 aliphatic heterocycles. The van der Waals surface area contributed by atoms with Gasteiger partial charge in [-0.05, 0) is 44.0 Å². The second-order valence-electron chi connectivity index (χ2n) is 8.46. The number of hydrogen-bond donors (Lipinski definition) is 3. The molecule has 2 aromatic heterocycles. The van der Waals surface area contributed by atoms with Gasteiger partial charge >= 0.3 is 0 Å². The number of hydrogen-bond acceptors (Lipinski definition) is 6. The minimum absolute atomic E-state index is 0.185. The van der Waals surface area contributed by atoms with Gasteiger partial charge in [0.2, 0.25) is 5.49 Å². The van der Waals surface area contributed by atoms with E-state index >= 15 is 0 Å². The van der Waals surface area contributed by atoms with Gasteiger partial charge in [-0.3, -0.25) is 0 Å². The molecule has 2 fully saturated rings. The second-order valence-corrected chi connectivity index (χ2v) is 8.46. The zero-order valence-electron chi connectivity index (χ0n) is 16.9. The van der Waals surface area contributed by atoms with Gasteiger partial charge < -0.3 is 29.3 Å². The largest absolute Gasteiger partial charge is 0.409 e. The lowest BCUT2D eigenvalue weighted by atomic mass is 9.92. The molecule has 0 radical (unpaired) electrons. The van der Waals surface area contributed by atoms with Gasteiger partial charge in [0, 0.05) is 12.1 Å². The number of aromatic nitrogens is 3. The lowest BCUT2D eigenvalue weighted by Gasteiger charge is -2.27. The number of halogens is 2. The summed E-state index contributed by atoms with van der Waals surface area (Å²) in [5.74, 6) is -3.25. The maximum absolute atomic E-state index is 13.8. The van der Waals surface area contributed by atoms with Crippen LogP contribution >= 0.6 is 0 Å². The van der Waals surface area contributed by atoms with E-state index in [1.54, 1.807) is 19.9 Å². The number of ether oxygens (including phenoxy) is 2. The first-order valence-electron chi connectivity index (χ1n) is 10.00. The van der Waals surface area contributed by atoms with Crippen molar-refractivity contribution in [3.63, 3.8) is 0 Å². The van der Waals surface area contributed by atoms with Crippen molar-refractivity contribution in [1.29, 1.82) is 0 Å². The molecule has 164 valence electrons. The molecule has 1 aliphatic carbocycles. The zero-order valence-corrected chi connectivity index (χ0v) is 16.9. The summed E-state index contributed by atoms with van der Waals surface area (Å²) in [4.78, 5) is 7.08. The average Bonchev–Trinajstić information content (AvgIpc) is 3.39. The summed E-state index contributed by atoms with van der Waals surface area (Å²) in [5.41, 5.74) is 1.15. The Morgan fingerprint density at radius 2 is 2.00 bits per heavy atom. The van der Waals surface area contributed by atoms with E-state index in [0.717, 1.165) is 12.1 Å². The monoisotopic (exact) mass is 432 g/mol. The zero-order chi connectivity index (χ0) is 21.9. The fraction of sp³-hybridized carbons (Fsp3) is 0.429.